The van der Waals surface area contributed by atoms with Crippen molar-refractivity contribution in [2.75, 3.05) is 24.6 Å². The van der Waals surface area contributed by atoms with Gasteiger partial charge in [0, 0.05) is 28.1 Å². The van der Waals surface area contributed by atoms with E-state index in [-0.39, 0.29) is 30.9 Å². The Balaban J connectivity index is 1.33. The number of nitriles is 1. The zero-order valence-electron chi connectivity index (χ0n) is 32.8. The number of hydrogen-bond acceptors (Lipinski definition) is 6. The second-order valence-corrected chi connectivity index (χ2v) is 15.9. The Morgan fingerprint density at radius 2 is 1.26 bits per heavy atom. The van der Waals surface area contributed by atoms with Gasteiger partial charge in [0.2, 0.25) is 11.4 Å². The van der Waals surface area contributed by atoms with Crippen LogP contribution in [-0.2, 0) is 25.2 Å². The van der Waals surface area contributed by atoms with E-state index in [9.17, 15) is 25.1 Å². The molecule has 0 fully saturated rings. The van der Waals surface area contributed by atoms with Crippen LogP contribution in [0.1, 0.15) is 52.2 Å². The molecule has 0 aliphatic carbocycles. The predicted octanol–water partition coefficient (Wildman–Crippen LogP) is 10.3. The Morgan fingerprint density at radius 1 is 0.754 bits per heavy atom. The number of aliphatic carboxylic acids is 1. The first-order chi connectivity index (χ1) is 27.4. The van der Waals surface area contributed by atoms with Crippen LogP contribution in [0.2, 0.25) is 0 Å². The molecule has 57 heavy (non-hydrogen) atoms. The monoisotopic (exact) mass is 754 g/mol. The molecule has 0 spiro atoms. The first-order valence-electron chi connectivity index (χ1n) is 19.2. The number of aliphatic hydroxyl groups is 1. The number of benzene rings is 6. The number of carboxylic acids is 1. The molecule has 0 bridgehead atoms. The molecule has 0 saturated heterocycles. The Morgan fingerprint density at radius 3 is 1.82 bits per heavy atom. The lowest BCUT2D eigenvalue weighted by atomic mass is 9.76. The lowest BCUT2D eigenvalue weighted by Crippen LogP contribution is -2.31. The van der Waals surface area contributed by atoms with Crippen LogP contribution < -0.4 is 4.90 Å². The molecule has 6 aromatic rings. The SMILES string of the molecule is CC(/C=C(O)/C=C(\C#N)C1=[N+](CCC(=O)O)c2c(c3ccccc3c3ccccc23)C1(C)C)=C1/N(CCOC=O)c2c(c3ccccc3c3ccccc23)C1(C)C. The number of carbonyl (C=O) groups excluding carboxylic acids is 1. The number of allylic oxidation sites excluding steroid dienone is 5. The Hall–Kier alpha value is -6.72. The molecule has 2 aliphatic rings. The summed E-state index contributed by atoms with van der Waals surface area (Å²) in [5.74, 6) is -1.06. The minimum absolute atomic E-state index is 0.116. The van der Waals surface area contributed by atoms with Gasteiger partial charge in [-0.25, -0.2) is 0 Å². The molecule has 6 aromatic carbocycles. The third kappa shape index (κ3) is 5.85. The molecule has 8 heteroatoms. The van der Waals surface area contributed by atoms with Crippen molar-refractivity contribution in [3.8, 4) is 6.07 Å². The average Bonchev–Trinajstić information content (AvgIpc) is 3.59. The minimum Gasteiger partial charge on any atom is -0.508 e. The standard InChI is InChI=1S/C49H43N3O5/c1-30(46-48(2,3)42-37-18-10-6-14-33(37)36-17-9-13-21-40(36)45(42)52(46)24-25-57-29-53)26-32(54)27-31(28-50)47-49(4,5)43-38-19-11-7-15-34(38)35-16-8-12-20-39(35)44(43)51(47)23-22-41(55)56/h6-21,26-27,29H,22-25H2,1-5H3,(H-,54,55,56)/p+1. The van der Waals surface area contributed by atoms with E-state index in [1.165, 1.54) is 6.08 Å². The van der Waals surface area contributed by atoms with Crippen LogP contribution in [0.15, 0.2) is 132 Å². The first kappa shape index (κ1) is 37.2. The molecule has 0 aromatic heterocycles. The molecule has 0 saturated carbocycles. The van der Waals surface area contributed by atoms with Gasteiger partial charge >= 0.3 is 5.97 Å². The van der Waals surface area contributed by atoms with Crippen LogP contribution >= 0.6 is 0 Å². The summed E-state index contributed by atoms with van der Waals surface area (Å²) in [5.41, 5.74) is 5.39. The van der Waals surface area contributed by atoms with Gasteiger partial charge in [-0.3, -0.25) is 9.59 Å². The third-order valence-corrected chi connectivity index (χ3v) is 11.8. The molecule has 8 rings (SSSR count). The van der Waals surface area contributed by atoms with Crippen LogP contribution in [0.25, 0.3) is 43.1 Å². The van der Waals surface area contributed by atoms with Crippen molar-refractivity contribution in [2.24, 2.45) is 0 Å². The van der Waals surface area contributed by atoms with Crippen LogP contribution in [0.5, 0.6) is 0 Å². The van der Waals surface area contributed by atoms with Crippen LogP contribution in [0.4, 0.5) is 11.4 Å². The number of aliphatic hydroxyl groups excluding tert-OH is 1. The number of hydrogen-bond donors (Lipinski definition) is 2. The largest absolute Gasteiger partial charge is 0.508 e. The Bertz CT molecular complexity index is 2870. The highest BCUT2D eigenvalue weighted by atomic mass is 16.5. The maximum atomic E-state index is 12.1. The maximum absolute atomic E-state index is 12.1. The van der Waals surface area contributed by atoms with Gasteiger partial charge in [-0.05, 0) is 76.4 Å². The topological polar surface area (TPSA) is 114 Å². The summed E-state index contributed by atoms with van der Waals surface area (Å²) in [5, 5.41) is 41.3. The minimum atomic E-state index is -0.943. The highest BCUT2D eigenvalue weighted by Crippen LogP contribution is 2.55. The summed E-state index contributed by atoms with van der Waals surface area (Å²) in [6.45, 7) is 11.6. The average molecular weight is 755 g/mol. The summed E-state index contributed by atoms with van der Waals surface area (Å²) >= 11 is 0. The molecule has 0 unspecified atom stereocenters. The molecule has 2 N–H and O–H groups in total. The molecule has 8 nitrogen and oxygen atoms in total. The van der Waals surface area contributed by atoms with Crippen molar-refractivity contribution < 1.29 is 29.1 Å². The van der Waals surface area contributed by atoms with E-state index in [4.69, 9.17) is 4.74 Å². The molecule has 0 amide bonds. The van der Waals surface area contributed by atoms with Gasteiger partial charge in [0.1, 0.15) is 30.4 Å². The summed E-state index contributed by atoms with van der Waals surface area (Å²) in [6, 6.07) is 35.4. The van der Waals surface area contributed by atoms with Crippen molar-refractivity contribution in [1.29, 1.82) is 5.26 Å². The second-order valence-electron chi connectivity index (χ2n) is 15.9. The van der Waals surface area contributed by atoms with Crippen molar-refractivity contribution >= 4 is 72.6 Å². The van der Waals surface area contributed by atoms with Crippen molar-refractivity contribution in [1.82, 2.24) is 0 Å². The van der Waals surface area contributed by atoms with Gasteiger partial charge in [-0.15, -0.1) is 0 Å². The van der Waals surface area contributed by atoms with E-state index in [0.29, 0.717) is 18.7 Å². The first-order valence-corrected chi connectivity index (χ1v) is 19.2. The van der Waals surface area contributed by atoms with Crippen LogP contribution in [-0.4, -0.2) is 52.6 Å². The van der Waals surface area contributed by atoms with Gasteiger partial charge < -0.3 is 19.8 Å². The van der Waals surface area contributed by atoms with Crippen LogP contribution in [0, 0.1) is 11.3 Å². The molecular weight excluding hydrogens is 711 g/mol. The van der Waals surface area contributed by atoms with Gasteiger partial charge in [-0.2, -0.15) is 9.84 Å². The summed E-state index contributed by atoms with van der Waals surface area (Å²) < 4.78 is 7.24. The lowest BCUT2D eigenvalue weighted by Gasteiger charge is -2.29. The lowest BCUT2D eigenvalue weighted by molar-refractivity contribution is -0.435. The predicted molar refractivity (Wildman–Crippen MR) is 227 cm³/mol. The zero-order valence-corrected chi connectivity index (χ0v) is 32.8. The van der Waals surface area contributed by atoms with E-state index in [1.807, 2.05) is 54.0 Å². The smallest absolute Gasteiger partial charge is 0.309 e. The number of rotatable bonds is 10. The fourth-order valence-electron chi connectivity index (χ4n) is 9.87. The summed E-state index contributed by atoms with van der Waals surface area (Å²) in [6.07, 6.45) is 3.06. The normalized spacial score (nSPS) is 16.9. The van der Waals surface area contributed by atoms with Gasteiger partial charge in [-0.1, -0.05) is 105 Å². The Labute approximate surface area is 331 Å². The maximum Gasteiger partial charge on any atom is 0.309 e. The number of carboxylic acid groups (broad SMARTS) is 1. The number of carbonyl (C=O) groups is 2. The second kappa shape index (κ2) is 14.1. The molecule has 284 valence electrons. The Kier molecular flexibility index (Phi) is 9.20. The van der Waals surface area contributed by atoms with E-state index in [1.54, 1.807) is 6.08 Å². The number of fused-ring (bicyclic) bond motifs is 12. The van der Waals surface area contributed by atoms with Gasteiger partial charge in [0.25, 0.3) is 6.47 Å². The molecule has 2 heterocycles. The van der Waals surface area contributed by atoms with E-state index in [2.05, 4.69) is 93.3 Å². The number of nitrogens with zero attached hydrogens (tertiary/aromatic N) is 3. The molecular formula is C49H44N3O5+. The number of ether oxygens (including phenoxy) is 1. The van der Waals surface area contributed by atoms with E-state index in [0.717, 1.165) is 76.9 Å². The summed E-state index contributed by atoms with van der Waals surface area (Å²) in [4.78, 5) is 25.6. The van der Waals surface area contributed by atoms with E-state index >= 15 is 0 Å². The van der Waals surface area contributed by atoms with Crippen molar-refractivity contribution in [3.63, 3.8) is 0 Å². The molecule has 2 aliphatic heterocycles. The zero-order chi connectivity index (χ0) is 40.2. The quantitative estimate of drug-likeness (QED) is 0.0272. The van der Waals surface area contributed by atoms with Crippen molar-refractivity contribution in [2.45, 2.75) is 51.9 Å². The fraction of sp³-hybridized carbons (Fsp3) is 0.224. The van der Waals surface area contributed by atoms with Crippen LogP contribution in [0.3, 0.4) is 0 Å². The van der Waals surface area contributed by atoms with Gasteiger partial charge in [0.05, 0.1) is 23.0 Å². The third-order valence-electron chi connectivity index (χ3n) is 11.8. The highest BCUT2D eigenvalue weighted by molar-refractivity contribution is 6.21. The molecule has 0 atom stereocenters. The fourth-order valence-corrected chi connectivity index (χ4v) is 9.87. The van der Waals surface area contributed by atoms with Crippen molar-refractivity contribution in [3.05, 3.63) is 143 Å². The van der Waals surface area contributed by atoms with Gasteiger partial charge in [0.15, 0.2) is 6.54 Å². The number of anilines is 1. The summed E-state index contributed by atoms with van der Waals surface area (Å²) in [7, 11) is 0. The van der Waals surface area contributed by atoms with E-state index < -0.39 is 16.8 Å². The highest BCUT2D eigenvalue weighted by Gasteiger charge is 2.50. The molecule has 0 radical (unpaired) electrons.